The van der Waals surface area contributed by atoms with Crippen molar-refractivity contribution in [2.75, 3.05) is 0 Å². The molecule has 2 N–H and O–H groups in total. The molecule has 0 bridgehead atoms. The Labute approximate surface area is 108 Å². The van der Waals surface area contributed by atoms with E-state index in [9.17, 15) is 9.90 Å². The summed E-state index contributed by atoms with van der Waals surface area (Å²) in [6, 6.07) is 4.45. The summed E-state index contributed by atoms with van der Waals surface area (Å²) in [4.78, 5) is 10.8. The first-order chi connectivity index (χ1) is 8.41. The molecule has 1 rings (SSSR count). The van der Waals surface area contributed by atoms with Gasteiger partial charge in [0.15, 0.2) is 0 Å². The van der Waals surface area contributed by atoms with Gasteiger partial charge in [-0.25, -0.2) is 4.79 Å². The summed E-state index contributed by atoms with van der Waals surface area (Å²) in [7, 11) is 0. The summed E-state index contributed by atoms with van der Waals surface area (Å²) in [6.07, 6.45) is 4.14. The van der Waals surface area contributed by atoms with Gasteiger partial charge in [0.25, 0.3) is 0 Å². The van der Waals surface area contributed by atoms with E-state index in [4.69, 9.17) is 5.11 Å². The van der Waals surface area contributed by atoms with Gasteiger partial charge in [-0.2, -0.15) is 0 Å². The smallest absolute Gasteiger partial charge is 0.335 e. The van der Waals surface area contributed by atoms with Crippen LogP contribution in [0.3, 0.4) is 0 Å². The maximum absolute atomic E-state index is 10.8. The van der Waals surface area contributed by atoms with Crippen LogP contribution in [-0.4, -0.2) is 16.2 Å². The largest absolute Gasteiger partial charge is 0.507 e. The van der Waals surface area contributed by atoms with Crippen LogP contribution in [0, 0.1) is 5.92 Å². The predicted molar refractivity (Wildman–Crippen MR) is 72.8 cm³/mol. The lowest BCUT2D eigenvalue weighted by Gasteiger charge is -2.07. The second kappa shape index (κ2) is 6.24. The Morgan fingerprint density at radius 3 is 2.56 bits per heavy atom. The van der Waals surface area contributed by atoms with Crippen LogP contribution in [0.2, 0.25) is 0 Å². The molecule has 0 saturated heterocycles. The van der Waals surface area contributed by atoms with Crippen molar-refractivity contribution in [3.63, 3.8) is 0 Å². The van der Waals surface area contributed by atoms with Crippen molar-refractivity contribution in [3.05, 3.63) is 35.4 Å². The number of carbonyl (C=O) groups is 1. The number of aromatic carboxylic acids is 1. The average Bonchev–Trinajstić information content (AvgIpc) is 2.27. The lowest BCUT2D eigenvalue weighted by atomic mass is 10.0. The molecule has 98 valence electrons. The number of hydrogen-bond donors (Lipinski definition) is 2. The Hall–Kier alpha value is -1.77. The molecule has 0 saturated carbocycles. The van der Waals surface area contributed by atoms with Crippen molar-refractivity contribution in [2.24, 2.45) is 5.92 Å². The third-order valence-corrected chi connectivity index (χ3v) is 2.86. The fourth-order valence-electron chi connectivity index (χ4n) is 1.74. The van der Waals surface area contributed by atoms with Crippen LogP contribution in [0.4, 0.5) is 0 Å². The van der Waals surface area contributed by atoms with Crippen LogP contribution in [-0.2, 0) is 0 Å². The molecule has 0 aliphatic rings. The summed E-state index contributed by atoms with van der Waals surface area (Å²) < 4.78 is 0. The van der Waals surface area contributed by atoms with E-state index >= 15 is 0 Å². The maximum Gasteiger partial charge on any atom is 0.335 e. The third kappa shape index (κ3) is 3.91. The van der Waals surface area contributed by atoms with Gasteiger partial charge >= 0.3 is 5.97 Å². The van der Waals surface area contributed by atoms with Crippen molar-refractivity contribution in [2.45, 2.75) is 33.6 Å². The molecule has 0 fully saturated rings. The molecule has 18 heavy (non-hydrogen) atoms. The Morgan fingerprint density at radius 1 is 1.39 bits per heavy atom. The molecule has 1 aromatic carbocycles. The number of benzene rings is 1. The Bertz CT molecular complexity index is 459. The van der Waals surface area contributed by atoms with Gasteiger partial charge in [-0.05, 0) is 43.4 Å². The lowest BCUT2D eigenvalue weighted by Crippen LogP contribution is -1.96. The zero-order valence-corrected chi connectivity index (χ0v) is 11.1. The average molecular weight is 248 g/mol. The van der Waals surface area contributed by atoms with Crippen LogP contribution in [0.1, 0.15) is 49.5 Å². The number of allylic oxidation sites excluding steroid dienone is 2. The molecule has 0 heterocycles. The van der Waals surface area contributed by atoms with Crippen molar-refractivity contribution in [1.29, 1.82) is 0 Å². The minimum absolute atomic E-state index is 0.0215. The minimum Gasteiger partial charge on any atom is -0.507 e. The van der Waals surface area contributed by atoms with Crippen LogP contribution in [0.5, 0.6) is 5.75 Å². The highest BCUT2D eigenvalue weighted by molar-refractivity contribution is 5.89. The highest BCUT2D eigenvalue weighted by Crippen LogP contribution is 2.26. The summed E-state index contributed by atoms with van der Waals surface area (Å²) in [6.45, 7) is 6.26. The number of hydrogen-bond acceptors (Lipinski definition) is 2. The van der Waals surface area contributed by atoms with E-state index in [1.807, 2.05) is 6.92 Å². The summed E-state index contributed by atoms with van der Waals surface area (Å²) >= 11 is 0. The van der Waals surface area contributed by atoms with Crippen LogP contribution in [0.15, 0.2) is 24.3 Å². The molecule has 1 aromatic rings. The van der Waals surface area contributed by atoms with Gasteiger partial charge < -0.3 is 10.2 Å². The van der Waals surface area contributed by atoms with Crippen molar-refractivity contribution in [3.8, 4) is 5.75 Å². The van der Waals surface area contributed by atoms with Crippen LogP contribution < -0.4 is 0 Å². The van der Waals surface area contributed by atoms with Gasteiger partial charge in [-0.15, -0.1) is 0 Å². The number of phenols is 1. The monoisotopic (exact) mass is 248 g/mol. The standard InChI is InChI=1S/C15H20O3/c1-10(2)5-4-6-11(3)13-8-7-12(15(17)18)9-14(13)16/h6-10,16H,4-5H2,1-3H3,(H,17,18)/b11-6-. The highest BCUT2D eigenvalue weighted by Gasteiger charge is 2.08. The fraction of sp³-hybridized carbons (Fsp3) is 0.400. The summed E-state index contributed by atoms with van der Waals surface area (Å²) in [5.74, 6) is -0.358. The Balaban J connectivity index is 2.86. The molecular weight excluding hydrogens is 228 g/mol. The first kappa shape index (κ1) is 14.3. The SMILES string of the molecule is C/C(=C/CCC(C)C)c1ccc(C(=O)O)cc1O. The lowest BCUT2D eigenvalue weighted by molar-refractivity contribution is 0.0696. The van der Waals surface area contributed by atoms with E-state index in [1.54, 1.807) is 6.07 Å². The van der Waals surface area contributed by atoms with E-state index in [0.29, 0.717) is 11.5 Å². The molecule has 0 unspecified atom stereocenters. The second-order valence-electron chi connectivity index (χ2n) is 4.90. The molecule has 0 aliphatic heterocycles. The molecule has 0 aliphatic carbocycles. The molecule has 0 aromatic heterocycles. The minimum atomic E-state index is -1.03. The van der Waals surface area contributed by atoms with Crippen LogP contribution in [0.25, 0.3) is 5.57 Å². The van der Waals surface area contributed by atoms with Gasteiger partial charge in [0.1, 0.15) is 5.75 Å². The third-order valence-electron chi connectivity index (χ3n) is 2.86. The van der Waals surface area contributed by atoms with Gasteiger partial charge in [-0.3, -0.25) is 0 Å². The maximum atomic E-state index is 10.8. The second-order valence-corrected chi connectivity index (χ2v) is 4.90. The van der Waals surface area contributed by atoms with Crippen molar-refractivity contribution < 1.29 is 15.0 Å². The topological polar surface area (TPSA) is 57.5 Å². The first-order valence-corrected chi connectivity index (χ1v) is 6.15. The number of carboxylic acid groups (broad SMARTS) is 1. The zero-order valence-electron chi connectivity index (χ0n) is 11.1. The first-order valence-electron chi connectivity index (χ1n) is 6.15. The Kier molecular flexibility index (Phi) is 4.95. The predicted octanol–water partition coefficient (Wildman–Crippen LogP) is 3.93. The fourth-order valence-corrected chi connectivity index (χ4v) is 1.74. The summed E-state index contributed by atoms with van der Waals surface area (Å²) in [5.41, 5.74) is 1.78. The highest BCUT2D eigenvalue weighted by atomic mass is 16.4. The Morgan fingerprint density at radius 2 is 2.06 bits per heavy atom. The molecule has 0 atom stereocenters. The van der Waals surface area contributed by atoms with Gasteiger partial charge in [0.2, 0.25) is 0 Å². The normalized spacial score (nSPS) is 11.9. The van der Waals surface area contributed by atoms with Gasteiger partial charge in [0, 0.05) is 5.56 Å². The number of phenolic OH excluding ortho intramolecular Hbond substituents is 1. The van der Waals surface area contributed by atoms with Gasteiger partial charge in [-0.1, -0.05) is 26.0 Å². The number of aromatic hydroxyl groups is 1. The van der Waals surface area contributed by atoms with E-state index < -0.39 is 5.97 Å². The molecule has 0 spiro atoms. The van der Waals surface area contributed by atoms with E-state index in [1.165, 1.54) is 12.1 Å². The zero-order chi connectivity index (χ0) is 13.7. The van der Waals surface area contributed by atoms with Gasteiger partial charge in [0.05, 0.1) is 5.56 Å². The molecular formula is C15H20O3. The molecule has 3 nitrogen and oxygen atoms in total. The molecule has 0 radical (unpaired) electrons. The molecule has 3 heteroatoms. The number of rotatable bonds is 5. The van der Waals surface area contributed by atoms with E-state index in [-0.39, 0.29) is 11.3 Å². The van der Waals surface area contributed by atoms with E-state index in [0.717, 1.165) is 18.4 Å². The van der Waals surface area contributed by atoms with Crippen LogP contribution >= 0.6 is 0 Å². The van der Waals surface area contributed by atoms with E-state index in [2.05, 4.69) is 19.9 Å². The number of carboxylic acids is 1. The van der Waals surface area contributed by atoms with Crippen molar-refractivity contribution in [1.82, 2.24) is 0 Å². The summed E-state index contributed by atoms with van der Waals surface area (Å²) in [5, 5.41) is 18.6. The van der Waals surface area contributed by atoms with Crippen molar-refractivity contribution >= 4 is 11.5 Å². The molecule has 0 amide bonds. The quantitative estimate of drug-likeness (QED) is 0.830.